The van der Waals surface area contributed by atoms with Crippen LogP contribution in [0.3, 0.4) is 0 Å². The molecule has 0 aliphatic rings. The number of carbonyl (C=O) groups is 2. The smallest absolute Gasteiger partial charge is 0.255 e. The van der Waals surface area contributed by atoms with Crippen molar-refractivity contribution >= 4 is 35.0 Å². The number of aryl methyl sites for hydroxylation is 3. The molecule has 0 saturated heterocycles. The second-order valence-corrected chi connectivity index (χ2v) is 8.92. The van der Waals surface area contributed by atoms with Gasteiger partial charge in [0.2, 0.25) is 5.91 Å². The standard InChI is InChI=1S/C26H28N2O2S/c1-5-20-12-8-11-18(3)24(20)28-25(29)19(4)31-22-14-9-13-21(16-22)27-26(30)23-15-7-6-10-17(23)2/h6-16,19H,5H2,1-4H3,(H,27,30)(H,28,29). The van der Waals surface area contributed by atoms with Gasteiger partial charge in [0.1, 0.15) is 0 Å². The first-order valence-electron chi connectivity index (χ1n) is 10.4. The molecule has 0 fully saturated rings. The number of carbonyl (C=O) groups excluding carboxylic acids is 2. The molecule has 0 aliphatic heterocycles. The number of thioether (sulfide) groups is 1. The maximum atomic E-state index is 12.8. The van der Waals surface area contributed by atoms with Crippen LogP contribution in [0.2, 0.25) is 0 Å². The van der Waals surface area contributed by atoms with Crippen LogP contribution in [0.5, 0.6) is 0 Å². The predicted molar refractivity (Wildman–Crippen MR) is 130 cm³/mol. The van der Waals surface area contributed by atoms with Gasteiger partial charge in [-0.2, -0.15) is 0 Å². The monoisotopic (exact) mass is 432 g/mol. The molecule has 4 nitrogen and oxygen atoms in total. The SMILES string of the molecule is CCc1cccc(C)c1NC(=O)C(C)Sc1cccc(NC(=O)c2ccccc2C)c1. The van der Waals surface area contributed by atoms with Crippen molar-refractivity contribution in [2.45, 2.75) is 44.3 Å². The van der Waals surface area contributed by atoms with Gasteiger partial charge in [-0.05, 0) is 68.1 Å². The van der Waals surface area contributed by atoms with Gasteiger partial charge in [-0.3, -0.25) is 9.59 Å². The molecule has 0 bridgehead atoms. The van der Waals surface area contributed by atoms with Gasteiger partial charge >= 0.3 is 0 Å². The summed E-state index contributed by atoms with van der Waals surface area (Å²) in [4.78, 5) is 26.3. The molecule has 160 valence electrons. The number of rotatable bonds is 7. The highest BCUT2D eigenvalue weighted by Gasteiger charge is 2.17. The van der Waals surface area contributed by atoms with Crippen LogP contribution in [0.4, 0.5) is 11.4 Å². The number of para-hydroxylation sites is 1. The van der Waals surface area contributed by atoms with E-state index in [1.807, 2.05) is 87.5 Å². The third-order valence-electron chi connectivity index (χ3n) is 5.15. The Bertz CT molecular complexity index is 1090. The zero-order valence-electron chi connectivity index (χ0n) is 18.4. The number of amides is 2. The summed E-state index contributed by atoms with van der Waals surface area (Å²) in [5, 5.41) is 5.76. The van der Waals surface area contributed by atoms with Crippen LogP contribution in [0, 0.1) is 13.8 Å². The number of hydrogen-bond acceptors (Lipinski definition) is 3. The highest BCUT2D eigenvalue weighted by Crippen LogP contribution is 2.28. The van der Waals surface area contributed by atoms with Crippen molar-refractivity contribution in [3.05, 3.63) is 89.0 Å². The second-order valence-electron chi connectivity index (χ2n) is 7.51. The molecule has 0 heterocycles. The summed E-state index contributed by atoms with van der Waals surface area (Å²) < 4.78 is 0. The molecule has 2 N–H and O–H groups in total. The third kappa shape index (κ3) is 5.76. The van der Waals surface area contributed by atoms with Crippen LogP contribution in [0.25, 0.3) is 0 Å². The van der Waals surface area contributed by atoms with E-state index in [-0.39, 0.29) is 17.1 Å². The lowest BCUT2D eigenvalue weighted by Gasteiger charge is -2.16. The van der Waals surface area contributed by atoms with Crippen molar-refractivity contribution in [1.29, 1.82) is 0 Å². The molecule has 3 rings (SSSR count). The molecule has 1 unspecified atom stereocenters. The fraction of sp³-hybridized carbons (Fsp3) is 0.231. The third-order valence-corrected chi connectivity index (χ3v) is 6.25. The average molecular weight is 433 g/mol. The normalized spacial score (nSPS) is 11.6. The lowest BCUT2D eigenvalue weighted by molar-refractivity contribution is -0.115. The molecule has 1 atom stereocenters. The van der Waals surface area contributed by atoms with Crippen LogP contribution < -0.4 is 10.6 Å². The summed E-state index contributed by atoms with van der Waals surface area (Å²) in [5.74, 6) is -0.180. The van der Waals surface area contributed by atoms with E-state index in [0.29, 0.717) is 11.3 Å². The Morgan fingerprint density at radius 1 is 0.903 bits per heavy atom. The molecule has 0 spiro atoms. The van der Waals surface area contributed by atoms with Crippen LogP contribution in [0.1, 0.15) is 40.9 Å². The van der Waals surface area contributed by atoms with E-state index in [0.717, 1.165) is 33.7 Å². The minimum atomic E-state index is -0.286. The van der Waals surface area contributed by atoms with Crippen molar-refractivity contribution < 1.29 is 9.59 Å². The molecular formula is C26H28N2O2S. The van der Waals surface area contributed by atoms with Gasteiger partial charge in [0, 0.05) is 21.8 Å². The molecule has 0 aliphatic carbocycles. The molecule has 3 aromatic rings. The van der Waals surface area contributed by atoms with Crippen molar-refractivity contribution in [1.82, 2.24) is 0 Å². The van der Waals surface area contributed by atoms with E-state index >= 15 is 0 Å². The topological polar surface area (TPSA) is 58.2 Å². The maximum Gasteiger partial charge on any atom is 0.255 e. The number of anilines is 2. The van der Waals surface area contributed by atoms with E-state index in [1.165, 1.54) is 11.8 Å². The van der Waals surface area contributed by atoms with Gasteiger partial charge < -0.3 is 10.6 Å². The van der Waals surface area contributed by atoms with Crippen LogP contribution in [-0.2, 0) is 11.2 Å². The van der Waals surface area contributed by atoms with Crippen molar-refractivity contribution in [3.8, 4) is 0 Å². The van der Waals surface area contributed by atoms with E-state index in [1.54, 1.807) is 0 Å². The minimum Gasteiger partial charge on any atom is -0.325 e. The summed E-state index contributed by atoms with van der Waals surface area (Å²) >= 11 is 1.47. The van der Waals surface area contributed by atoms with Gasteiger partial charge in [-0.15, -0.1) is 11.8 Å². The first-order valence-corrected chi connectivity index (χ1v) is 11.3. The first kappa shape index (κ1) is 22.6. The summed E-state index contributed by atoms with van der Waals surface area (Å²) in [6.45, 7) is 7.90. The number of nitrogens with one attached hydrogen (secondary N) is 2. The summed E-state index contributed by atoms with van der Waals surface area (Å²) in [6.07, 6.45) is 0.863. The highest BCUT2D eigenvalue weighted by molar-refractivity contribution is 8.00. The predicted octanol–water partition coefficient (Wildman–Crippen LogP) is 6.24. The van der Waals surface area contributed by atoms with E-state index in [4.69, 9.17) is 0 Å². The second kappa shape index (κ2) is 10.3. The molecule has 5 heteroatoms. The minimum absolute atomic E-state index is 0.0386. The maximum absolute atomic E-state index is 12.8. The molecule has 0 saturated carbocycles. The average Bonchev–Trinajstić information content (AvgIpc) is 2.75. The van der Waals surface area contributed by atoms with Crippen molar-refractivity contribution in [2.75, 3.05) is 10.6 Å². The lowest BCUT2D eigenvalue weighted by Crippen LogP contribution is -2.23. The quantitative estimate of drug-likeness (QED) is 0.435. The van der Waals surface area contributed by atoms with Crippen molar-refractivity contribution in [2.24, 2.45) is 0 Å². The van der Waals surface area contributed by atoms with Crippen molar-refractivity contribution in [3.63, 3.8) is 0 Å². The lowest BCUT2D eigenvalue weighted by atomic mass is 10.1. The molecule has 31 heavy (non-hydrogen) atoms. The van der Waals surface area contributed by atoms with Gasteiger partial charge in [-0.1, -0.05) is 49.4 Å². The molecule has 3 aromatic carbocycles. The first-order chi connectivity index (χ1) is 14.9. The Kier molecular flexibility index (Phi) is 7.53. The largest absolute Gasteiger partial charge is 0.325 e. The van der Waals surface area contributed by atoms with Gasteiger partial charge in [0.25, 0.3) is 5.91 Å². The fourth-order valence-corrected chi connectivity index (χ4v) is 4.28. The Morgan fingerprint density at radius 2 is 1.61 bits per heavy atom. The Labute approximate surface area is 188 Å². The number of benzene rings is 3. The Hall–Kier alpha value is -3.05. The molecule has 0 radical (unpaired) electrons. The highest BCUT2D eigenvalue weighted by atomic mass is 32.2. The molecular weight excluding hydrogens is 404 g/mol. The zero-order chi connectivity index (χ0) is 22.4. The van der Waals surface area contributed by atoms with E-state index in [2.05, 4.69) is 17.6 Å². The van der Waals surface area contributed by atoms with E-state index in [9.17, 15) is 9.59 Å². The molecule has 2 amide bonds. The molecule has 0 aromatic heterocycles. The van der Waals surface area contributed by atoms with Crippen LogP contribution in [0.15, 0.2) is 71.6 Å². The Balaban J connectivity index is 1.67. The van der Waals surface area contributed by atoms with Crippen LogP contribution in [-0.4, -0.2) is 17.1 Å². The fourth-order valence-electron chi connectivity index (χ4n) is 3.36. The van der Waals surface area contributed by atoms with E-state index < -0.39 is 0 Å². The Morgan fingerprint density at radius 3 is 2.35 bits per heavy atom. The summed E-state index contributed by atoms with van der Waals surface area (Å²) in [6, 6.07) is 21.1. The number of hydrogen-bond donors (Lipinski definition) is 2. The summed E-state index contributed by atoms with van der Waals surface area (Å²) in [5.41, 5.74) is 5.38. The van der Waals surface area contributed by atoms with Gasteiger partial charge in [-0.25, -0.2) is 0 Å². The zero-order valence-corrected chi connectivity index (χ0v) is 19.2. The van der Waals surface area contributed by atoms with Crippen LogP contribution >= 0.6 is 11.8 Å². The van der Waals surface area contributed by atoms with Gasteiger partial charge in [0.15, 0.2) is 0 Å². The summed E-state index contributed by atoms with van der Waals surface area (Å²) in [7, 11) is 0. The van der Waals surface area contributed by atoms with Gasteiger partial charge in [0.05, 0.1) is 5.25 Å².